The van der Waals surface area contributed by atoms with Gasteiger partial charge in [-0.1, -0.05) is 11.2 Å². The molecule has 25 heavy (non-hydrogen) atoms. The van der Waals surface area contributed by atoms with Gasteiger partial charge in [0.1, 0.15) is 12.8 Å². The number of hydrogen-bond donors (Lipinski definition) is 0. The second-order valence-corrected chi connectivity index (χ2v) is 7.33. The zero-order valence-corrected chi connectivity index (χ0v) is 15.2. The van der Waals surface area contributed by atoms with Crippen molar-refractivity contribution in [1.29, 1.82) is 0 Å². The highest BCUT2D eigenvalue weighted by molar-refractivity contribution is 7.09. The molecule has 1 saturated heterocycles. The fourth-order valence-corrected chi connectivity index (χ4v) is 3.86. The number of hydrogen-bond acceptors (Lipinski definition) is 6. The van der Waals surface area contributed by atoms with Crippen molar-refractivity contribution in [2.75, 3.05) is 27.2 Å². The Bertz CT molecular complexity index is 691. The third kappa shape index (κ3) is 4.45. The lowest BCUT2D eigenvalue weighted by Gasteiger charge is -2.27. The summed E-state index contributed by atoms with van der Waals surface area (Å²) in [5.74, 6) is 0.271. The summed E-state index contributed by atoms with van der Waals surface area (Å²) >= 11 is 1.66. The van der Waals surface area contributed by atoms with Crippen LogP contribution in [0, 0.1) is 0 Å². The van der Waals surface area contributed by atoms with Crippen LogP contribution < -0.4 is 0 Å². The molecular weight excluding hydrogens is 345 g/mol. The summed E-state index contributed by atoms with van der Waals surface area (Å²) in [6, 6.07) is 5.62. The van der Waals surface area contributed by atoms with Gasteiger partial charge in [0, 0.05) is 50.8 Å². The highest BCUT2D eigenvalue weighted by atomic mass is 32.1. The molecule has 0 aliphatic carbocycles. The summed E-state index contributed by atoms with van der Waals surface area (Å²) in [5.41, 5.74) is 0.245. The molecule has 0 saturated carbocycles. The zero-order valence-electron chi connectivity index (χ0n) is 14.4. The van der Waals surface area contributed by atoms with Gasteiger partial charge in [-0.25, -0.2) is 4.39 Å². The molecule has 2 atom stereocenters. The fraction of sp³-hybridized carbons (Fsp3) is 0.529. The normalized spacial score (nSPS) is 20.9. The Morgan fingerprint density at radius 3 is 3.16 bits per heavy atom. The van der Waals surface area contributed by atoms with Crippen molar-refractivity contribution < 1.29 is 18.4 Å². The third-order valence-corrected chi connectivity index (χ3v) is 5.17. The molecule has 6 nitrogen and oxygen atoms in total. The van der Waals surface area contributed by atoms with Crippen LogP contribution in [0.3, 0.4) is 0 Å². The Balaban J connectivity index is 1.61. The van der Waals surface area contributed by atoms with Gasteiger partial charge in [0.2, 0.25) is 0 Å². The average molecular weight is 367 g/mol. The molecular formula is C17H22FN3O3S. The average Bonchev–Trinajstić information content (AvgIpc) is 3.30. The van der Waals surface area contributed by atoms with Crippen LogP contribution in [0.15, 0.2) is 28.1 Å². The lowest BCUT2D eigenvalue weighted by molar-refractivity contribution is 0.0739. The number of likely N-dealkylation sites (N-methyl/N-ethyl adjacent to an activating group) is 1. The minimum Gasteiger partial charge on any atom is -0.377 e. The van der Waals surface area contributed by atoms with Crippen molar-refractivity contribution >= 4 is 17.2 Å². The highest BCUT2D eigenvalue weighted by Crippen LogP contribution is 2.25. The molecule has 0 N–H and O–H groups in total. The minimum absolute atomic E-state index is 0.00334. The number of likely N-dealkylation sites (tertiary alicyclic amines) is 1. The molecule has 0 spiro atoms. The Kier molecular flexibility index (Phi) is 5.82. The molecule has 1 aliphatic heterocycles. The first-order chi connectivity index (χ1) is 12.1. The lowest BCUT2D eigenvalue weighted by atomic mass is 10.2. The van der Waals surface area contributed by atoms with Gasteiger partial charge < -0.3 is 14.2 Å². The van der Waals surface area contributed by atoms with Crippen LogP contribution in [-0.4, -0.2) is 60.3 Å². The predicted octanol–water partition coefficient (Wildman–Crippen LogP) is 2.57. The molecule has 1 fully saturated rings. The standard InChI is InChI=1S/C17H22FN3O3S/c1-20(17(22)16-7-14(11-23-2)24-19-16)9-13-6-12(18)8-21(13)10-15-4-3-5-25-15/h3-5,7,12-13H,6,8-11H2,1-2H3/t12-,13-/m0/s1. The van der Waals surface area contributed by atoms with Crippen LogP contribution in [0.25, 0.3) is 0 Å². The van der Waals surface area contributed by atoms with E-state index < -0.39 is 6.17 Å². The molecule has 0 radical (unpaired) electrons. The molecule has 2 aromatic rings. The van der Waals surface area contributed by atoms with E-state index in [-0.39, 0.29) is 24.2 Å². The molecule has 136 valence electrons. The number of carbonyl (C=O) groups is 1. The monoisotopic (exact) mass is 367 g/mol. The first kappa shape index (κ1) is 18.0. The van der Waals surface area contributed by atoms with Gasteiger partial charge in [0.15, 0.2) is 11.5 Å². The number of alkyl halides is 1. The van der Waals surface area contributed by atoms with Gasteiger partial charge in [-0.15, -0.1) is 11.3 Å². The van der Waals surface area contributed by atoms with E-state index in [1.807, 2.05) is 11.4 Å². The molecule has 0 bridgehead atoms. The van der Waals surface area contributed by atoms with Crippen LogP contribution in [-0.2, 0) is 17.9 Å². The first-order valence-electron chi connectivity index (χ1n) is 8.17. The van der Waals surface area contributed by atoms with E-state index in [4.69, 9.17) is 9.26 Å². The number of ether oxygens (including phenoxy) is 1. The van der Waals surface area contributed by atoms with E-state index in [1.165, 1.54) is 4.88 Å². The molecule has 8 heteroatoms. The molecule has 3 heterocycles. The van der Waals surface area contributed by atoms with E-state index >= 15 is 0 Å². The summed E-state index contributed by atoms with van der Waals surface area (Å²) in [4.78, 5) is 17.4. The topological polar surface area (TPSA) is 58.8 Å². The van der Waals surface area contributed by atoms with E-state index in [0.717, 1.165) is 0 Å². The third-order valence-electron chi connectivity index (χ3n) is 4.31. The fourth-order valence-electron chi connectivity index (χ4n) is 3.13. The zero-order chi connectivity index (χ0) is 17.8. The number of thiophene rings is 1. The number of carbonyl (C=O) groups excluding carboxylic acids is 1. The maximum absolute atomic E-state index is 13.9. The predicted molar refractivity (Wildman–Crippen MR) is 92.2 cm³/mol. The smallest absolute Gasteiger partial charge is 0.275 e. The van der Waals surface area contributed by atoms with Crippen molar-refractivity contribution in [3.63, 3.8) is 0 Å². The largest absolute Gasteiger partial charge is 0.377 e. The Morgan fingerprint density at radius 1 is 1.60 bits per heavy atom. The van der Waals surface area contributed by atoms with Crippen LogP contribution in [0.2, 0.25) is 0 Å². The summed E-state index contributed by atoms with van der Waals surface area (Å²) in [7, 11) is 3.26. The number of aromatic nitrogens is 1. The van der Waals surface area contributed by atoms with Gasteiger partial charge >= 0.3 is 0 Å². The molecule has 0 unspecified atom stereocenters. The summed E-state index contributed by atoms with van der Waals surface area (Å²) < 4.78 is 24.0. The maximum atomic E-state index is 13.9. The molecule has 1 amide bonds. The van der Waals surface area contributed by atoms with Crippen LogP contribution in [0.5, 0.6) is 0 Å². The van der Waals surface area contributed by atoms with Crippen LogP contribution >= 0.6 is 11.3 Å². The van der Waals surface area contributed by atoms with Gasteiger partial charge in [0.25, 0.3) is 5.91 Å². The number of nitrogens with zero attached hydrogens (tertiary/aromatic N) is 3. The SMILES string of the molecule is COCc1cc(C(=O)N(C)C[C@@H]2C[C@H](F)CN2Cc2cccs2)no1. The molecule has 0 aromatic carbocycles. The Hall–Kier alpha value is -1.77. The van der Waals surface area contributed by atoms with E-state index in [0.29, 0.717) is 31.8 Å². The Morgan fingerprint density at radius 2 is 2.44 bits per heavy atom. The number of methoxy groups -OCH3 is 1. The van der Waals surface area contributed by atoms with E-state index in [9.17, 15) is 9.18 Å². The number of amides is 1. The minimum atomic E-state index is -0.853. The van der Waals surface area contributed by atoms with E-state index in [2.05, 4.69) is 16.1 Å². The molecule has 1 aliphatic rings. The summed E-state index contributed by atoms with van der Waals surface area (Å²) in [6.45, 7) is 1.85. The van der Waals surface area contributed by atoms with Crippen LogP contribution in [0.4, 0.5) is 4.39 Å². The molecule has 3 rings (SSSR count). The number of halogens is 1. The van der Waals surface area contributed by atoms with Gasteiger partial charge in [-0.05, 0) is 17.9 Å². The van der Waals surface area contributed by atoms with Crippen molar-refractivity contribution in [1.82, 2.24) is 15.0 Å². The van der Waals surface area contributed by atoms with Crippen LogP contribution in [0.1, 0.15) is 27.5 Å². The second-order valence-electron chi connectivity index (χ2n) is 6.29. The quantitative estimate of drug-likeness (QED) is 0.753. The highest BCUT2D eigenvalue weighted by Gasteiger charge is 2.34. The second kappa shape index (κ2) is 8.07. The number of rotatable bonds is 7. The van der Waals surface area contributed by atoms with Gasteiger partial charge in [0.05, 0.1) is 0 Å². The van der Waals surface area contributed by atoms with Gasteiger partial charge in [-0.3, -0.25) is 9.69 Å². The van der Waals surface area contributed by atoms with E-state index in [1.54, 1.807) is 36.5 Å². The first-order valence-corrected chi connectivity index (χ1v) is 9.05. The van der Waals surface area contributed by atoms with Crippen molar-refractivity contribution in [2.24, 2.45) is 0 Å². The van der Waals surface area contributed by atoms with Crippen molar-refractivity contribution in [2.45, 2.75) is 31.8 Å². The summed E-state index contributed by atoms with van der Waals surface area (Å²) in [5, 5.41) is 5.81. The van der Waals surface area contributed by atoms with Gasteiger partial charge in [-0.2, -0.15) is 0 Å². The van der Waals surface area contributed by atoms with Crippen molar-refractivity contribution in [3.05, 3.63) is 39.9 Å². The summed E-state index contributed by atoms with van der Waals surface area (Å²) in [6.07, 6.45) is -0.412. The Labute approximate surface area is 150 Å². The maximum Gasteiger partial charge on any atom is 0.275 e. The van der Waals surface area contributed by atoms with Crippen molar-refractivity contribution in [3.8, 4) is 0 Å². The molecule has 2 aromatic heterocycles. The lowest BCUT2D eigenvalue weighted by Crippen LogP contribution is -2.40.